The maximum Gasteiger partial charge on any atom is 0.200 e. The fourth-order valence-corrected chi connectivity index (χ4v) is 2.71. The topological polar surface area (TPSA) is 155 Å². The van der Waals surface area contributed by atoms with E-state index in [1.807, 2.05) is 0 Å². The summed E-state index contributed by atoms with van der Waals surface area (Å²) in [5.41, 5.74) is 0.110. The zero-order valence-corrected chi connectivity index (χ0v) is 15.1. The molecule has 10 heteroatoms. The van der Waals surface area contributed by atoms with Crippen molar-refractivity contribution in [3.05, 3.63) is 17.7 Å². The van der Waals surface area contributed by atoms with Gasteiger partial charge >= 0.3 is 0 Å². The van der Waals surface area contributed by atoms with Crippen LogP contribution in [0.15, 0.2) is 12.1 Å². The highest BCUT2D eigenvalue weighted by atomic mass is 16.7. The average Bonchev–Trinajstić information content (AvgIpc) is 2.67. The Morgan fingerprint density at radius 3 is 2.15 bits per heavy atom. The third-order valence-electron chi connectivity index (χ3n) is 4.32. The Morgan fingerprint density at radius 2 is 1.67 bits per heavy atom. The Balaban J connectivity index is 2.18. The lowest BCUT2D eigenvalue weighted by Crippen LogP contribution is -2.59. The third kappa shape index (κ3) is 4.32. The molecule has 27 heavy (non-hydrogen) atoms. The maximum atomic E-state index is 12.7. The predicted molar refractivity (Wildman–Crippen MR) is 89.9 cm³/mol. The smallest absolute Gasteiger partial charge is 0.200 e. The summed E-state index contributed by atoms with van der Waals surface area (Å²) in [6, 6.07) is 2.60. The molecule has 1 heterocycles. The first kappa shape index (κ1) is 21.4. The Bertz CT molecular complexity index is 636. The molecule has 1 fully saturated rings. The summed E-state index contributed by atoms with van der Waals surface area (Å²) < 4.78 is 20.6. The molecule has 10 nitrogen and oxygen atoms in total. The number of methoxy groups -OCH3 is 2. The molecule has 0 amide bonds. The molecule has 0 spiro atoms. The largest absolute Gasteiger partial charge is 0.502 e. The van der Waals surface area contributed by atoms with Gasteiger partial charge in [0.1, 0.15) is 30.5 Å². The normalized spacial score (nSPS) is 29.2. The van der Waals surface area contributed by atoms with E-state index in [-0.39, 0.29) is 22.8 Å². The predicted octanol–water partition coefficient (Wildman–Crippen LogP) is -1.20. The minimum absolute atomic E-state index is 0.0257. The Hall–Kier alpha value is -1.95. The van der Waals surface area contributed by atoms with E-state index in [2.05, 4.69) is 0 Å². The van der Waals surface area contributed by atoms with E-state index < -0.39 is 49.2 Å². The number of hydrogen-bond donors (Lipinski definition) is 5. The van der Waals surface area contributed by atoms with Crippen LogP contribution >= 0.6 is 0 Å². The van der Waals surface area contributed by atoms with Gasteiger partial charge in [-0.25, -0.2) is 0 Å². The summed E-state index contributed by atoms with van der Waals surface area (Å²) in [6.45, 7) is 0.787. The number of carbonyl (C=O) groups is 1. The van der Waals surface area contributed by atoms with Gasteiger partial charge in [0.2, 0.25) is 5.75 Å². The van der Waals surface area contributed by atoms with Gasteiger partial charge in [-0.2, -0.15) is 0 Å². The molecule has 0 saturated carbocycles. The number of benzene rings is 1. The number of phenolic OH excluding ortho intramolecular Hbond substituents is 1. The number of hydrogen-bond acceptors (Lipinski definition) is 10. The second kappa shape index (κ2) is 8.83. The molecule has 1 saturated heterocycles. The second-order valence-electron chi connectivity index (χ2n) is 6.07. The van der Waals surface area contributed by atoms with Crippen LogP contribution in [0.25, 0.3) is 0 Å². The van der Waals surface area contributed by atoms with E-state index in [9.17, 15) is 30.3 Å². The molecule has 1 aliphatic heterocycles. The van der Waals surface area contributed by atoms with Crippen LogP contribution in [-0.4, -0.2) is 89.0 Å². The van der Waals surface area contributed by atoms with Crippen molar-refractivity contribution in [2.45, 2.75) is 43.7 Å². The van der Waals surface area contributed by atoms with Crippen LogP contribution in [0.5, 0.6) is 17.2 Å². The van der Waals surface area contributed by atoms with E-state index in [4.69, 9.17) is 18.9 Å². The maximum absolute atomic E-state index is 12.7. The van der Waals surface area contributed by atoms with Gasteiger partial charge < -0.3 is 44.5 Å². The number of aliphatic hydroxyl groups is 4. The van der Waals surface area contributed by atoms with Crippen molar-refractivity contribution in [2.24, 2.45) is 0 Å². The fraction of sp³-hybridized carbons (Fsp3) is 0.588. The number of aliphatic hydroxyl groups excluding tert-OH is 4. The molecule has 0 bridgehead atoms. The molecule has 0 radical (unpaired) electrons. The molecule has 5 N–H and O–H groups in total. The SMILES string of the molecule is COc1cc(C(=O)[C@@H](C)O[C@@H]2O[C@H](CO)[C@@H](O)[C@H](O)[C@H]2O)cc(OC)c1O. The van der Waals surface area contributed by atoms with Crippen molar-refractivity contribution in [2.75, 3.05) is 20.8 Å². The van der Waals surface area contributed by atoms with Crippen LogP contribution in [-0.2, 0) is 9.47 Å². The van der Waals surface area contributed by atoms with Gasteiger partial charge in [-0.3, -0.25) is 4.79 Å². The zero-order valence-electron chi connectivity index (χ0n) is 15.1. The van der Waals surface area contributed by atoms with Crippen molar-refractivity contribution < 1.29 is 49.3 Å². The van der Waals surface area contributed by atoms with Gasteiger partial charge in [-0.05, 0) is 19.1 Å². The zero-order chi connectivity index (χ0) is 20.3. The lowest BCUT2D eigenvalue weighted by atomic mass is 9.99. The Morgan fingerprint density at radius 1 is 1.11 bits per heavy atom. The van der Waals surface area contributed by atoms with Crippen LogP contribution in [0.2, 0.25) is 0 Å². The first-order valence-electron chi connectivity index (χ1n) is 8.20. The van der Waals surface area contributed by atoms with Crippen molar-refractivity contribution in [1.29, 1.82) is 0 Å². The van der Waals surface area contributed by atoms with Gasteiger partial charge in [-0.1, -0.05) is 0 Å². The molecule has 0 aliphatic carbocycles. The minimum Gasteiger partial charge on any atom is -0.502 e. The summed E-state index contributed by atoms with van der Waals surface area (Å²) in [5.74, 6) is -0.752. The first-order valence-corrected chi connectivity index (χ1v) is 8.20. The van der Waals surface area contributed by atoms with Crippen molar-refractivity contribution >= 4 is 5.78 Å². The number of ether oxygens (including phenoxy) is 4. The highest BCUT2D eigenvalue weighted by molar-refractivity contribution is 6.00. The average molecular weight is 388 g/mol. The molecule has 152 valence electrons. The van der Waals surface area contributed by atoms with Crippen LogP contribution in [0.3, 0.4) is 0 Å². The van der Waals surface area contributed by atoms with E-state index in [0.29, 0.717) is 0 Å². The Labute approximate surface area is 155 Å². The molecular formula is C17H24O10. The van der Waals surface area contributed by atoms with Gasteiger partial charge in [0, 0.05) is 5.56 Å². The molecule has 0 unspecified atom stereocenters. The van der Waals surface area contributed by atoms with Crippen LogP contribution in [0.1, 0.15) is 17.3 Å². The molecule has 1 aromatic rings. The van der Waals surface area contributed by atoms with Crippen molar-refractivity contribution in [1.82, 2.24) is 0 Å². The summed E-state index contributed by atoms with van der Waals surface area (Å²) in [5, 5.41) is 48.7. The fourth-order valence-electron chi connectivity index (χ4n) is 2.71. The summed E-state index contributed by atoms with van der Waals surface area (Å²) in [4.78, 5) is 12.7. The summed E-state index contributed by atoms with van der Waals surface area (Å²) in [6.07, 6.45) is -8.49. The van der Waals surface area contributed by atoms with Crippen LogP contribution < -0.4 is 9.47 Å². The molecule has 0 aromatic heterocycles. The quantitative estimate of drug-likeness (QED) is 0.360. The Kier molecular flexibility index (Phi) is 6.98. The molecular weight excluding hydrogens is 364 g/mol. The standard InChI is InChI=1S/C17H24O10/c1-7(26-17-16(23)15(22)14(21)11(6-18)27-17)12(19)8-4-9(24-2)13(20)10(5-8)25-3/h4-5,7,11,14-18,20-23H,6H2,1-3H3/t7-,11-,14-,15+,16-,17-/m1/s1. The lowest BCUT2D eigenvalue weighted by molar-refractivity contribution is -0.305. The molecule has 1 aliphatic rings. The van der Waals surface area contributed by atoms with Crippen LogP contribution in [0, 0.1) is 0 Å². The van der Waals surface area contributed by atoms with E-state index >= 15 is 0 Å². The molecule has 1 aromatic carbocycles. The summed E-state index contributed by atoms with van der Waals surface area (Å²) >= 11 is 0. The highest BCUT2D eigenvalue weighted by Gasteiger charge is 2.45. The van der Waals surface area contributed by atoms with E-state index in [0.717, 1.165) is 0 Å². The summed E-state index contributed by atoms with van der Waals surface area (Å²) in [7, 11) is 2.63. The van der Waals surface area contributed by atoms with Crippen LogP contribution in [0.4, 0.5) is 0 Å². The highest BCUT2D eigenvalue weighted by Crippen LogP contribution is 2.37. The van der Waals surface area contributed by atoms with Gasteiger partial charge in [0.25, 0.3) is 0 Å². The van der Waals surface area contributed by atoms with E-state index in [1.165, 1.54) is 33.3 Å². The number of carbonyl (C=O) groups excluding carboxylic acids is 1. The van der Waals surface area contributed by atoms with Gasteiger partial charge in [0.15, 0.2) is 23.6 Å². The lowest BCUT2D eigenvalue weighted by Gasteiger charge is -2.40. The number of rotatable bonds is 7. The third-order valence-corrected chi connectivity index (χ3v) is 4.32. The van der Waals surface area contributed by atoms with Gasteiger partial charge in [-0.15, -0.1) is 0 Å². The van der Waals surface area contributed by atoms with Gasteiger partial charge in [0.05, 0.1) is 20.8 Å². The molecule has 6 atom stereocenters. The van der Waals surface area contributed by atoms with Crippen molar-refractivity contribution in [3.63, 3.8) is 0 Å². The second-order valence-corrected chi connectivity index (χ2v) is 6.07. The first-order chi connectivity index (χ1) is 12.7. The number of aromatic hydroxyl groups is 1. The number of ketones is 1. The minimum atomic E-state index is -1.62. The number of phenols is 1. The number of Topliss-reactive ketones (excluding diaryl/α,β-unsaturated/α-hetero) is 1. The van der Waals surface area contributed by atoms with E-state index in [1.54, 1.807) is 0 Å². The molecule has 2 rings (SSSR count). The van der Waals surface area contributed by atoms with Crippen molar-refractivity contribution in [3.8, 4) is 17.2 Å². The monoisotopic (exact) mass is 388 g/mol.